The van der Waals surface area contributed by atoms with Crippen LogP contribution in [0.2, 0.25) is 0 Å². The smallest absolute Gasteiger partial charge is 0.256 e. The van der Waals surface area contributed by atoms with Gasteiger partial charge in [0.1, 0.15) is 6.33 Å². The lowest BCUT2D eigenvalue weighted by atomic mass is 10.00. The van der Waals surface area contributed by atoms with Gasteiger partial charge in [-0.1, -0.05) is 32.0 Å². The Balaban J connectivity index is 1.65. The fourth-order valence-corrected chi connectivity index (χ4v) is 3.22. The van der Waals surface area contributed by atoms with Crippen molar-refractivity contribution in [2.45, 2.75) is 38.7 Å². The van der Waals surface area contributed by atoms with Gasteiger partial charge in [-0.25, -0.2) is 19.3 Å². The van der Waals surface area contributed by atoms with Crippen LogP contribution in [-0.2, 0) is 4.74 Å². The summed E-state index contributed by atoms with van der Waals surface area (Å²) in [5, 5.41) is 2.70. The molecule has 4 atom stereocenters. The number of benzene rings is 1. The number of hydrogen-bond donors (Lipinski definition) is 1. The Hall–Kier alpha value is -2.87. The molecule has 2 aromatic heterocycles. The van der Waals surface area contributed by atoms with Crippen molar-refractivity contribution < 1.29 is 16.7 Å². The zero-order valence-electron chi connectivity index (χ0n) is 16.8. The molecular formula is C19H20FN5O2. The van der Waals surface area contributed by atoms with E-state index in [1.807, 2.05) is 6.07 Å². The van der Waals surface area contributed by atoms with E-state index < -0.39 is 30.8 Å². The van der Waals surface area contributed by atoms with Crippen LogP contribution in [0, 0.1) is 5.92 Å². The molecular weight excluding hydrogens is 349 g/mol. The first kappa shape index (κ1) is 15.2. The van der Waals surface area contributed by atoms with Gasteiger partial charge in [0, 0.05) is 14.2 Å². The fraction of sp³-hybridized carbons (Fsp3) is 0.368. The molecule has 0 bridgehead atoms. The van der Waals surface area contributed by atoms with Crippen molar-refractivity contribution in [1.82, 2.24) is 19.5 Å². The minimum Gasteiger partial charge on any atom is -0.351 e. The van der Waals surface area contributed by atoms with Crippen molar-refractivity contribution in [2.24, 2.45) is 5.92 Å². The zero-order valence-corrected chi connectivity index (χ0v) is 14.8. The van der Waals surface area contributed by atoms with Crippen LogP contribution in [0.3, 0.4) is 0 Å². The number of ether oxygens (including phenoxy) is 1. The summed E-state index contributed by atoms with van der Waals surface area (Å²) in [6, 6.07) is 8.66. The summed E-state index contributed by atoms with van der Waals surface area (Å²) in [4.78, 5) is 24.9. The second-order valence-electron chi connectivity index (χ2n) is 6.41. The summed E-state index contributed by atoms with van der Waals surface area (Å²) in [5.41, 5.74) is 1.05. The molecule has 0 spiro atoms. The highest BCUT2D eigenvalue weighted by Gasteiger charge is 2.43. The maximum Gasteiger partial charge on any atom is 0.256 e. The van der Waals surface area contributed by atoms with Crippen molar-refractivity contribution in [3.05, 3.63) is 48.5 Å². The number of aromatic nitrogens is 4. The van der Waals surface area contributed by atoms with E-state index in [1.54, 1.807) is 31.2 Å². The molecule has 4 rings (SSSR count). The summed E-state index contributed by atoms with van der Waals surface area (Å²) in [5.74, 6) is -0.795. The number of nitrogens with zero attached hydrogens (tertiary/aromatic N) is 4. The van der Waals surface area contributed by atoms with Crippen molar-refractivity contribution >= 4 is 22.9 Å². The average Bonchev–Trinajstić information content (AvgIpc) is 3.24. The first-order chi connectivity index (χ1) is 13.8. The zero-order chi connectivity index (χ0) is 20.8. The highest BCUT2D eigenvalue weighted by Crippen LogP contribution is 2.38. The summed E-state index contributed by atoms with van der Waals surface area (Å²) in [7, 11) is 0. The van der Waals surface area contributed by atoms with Crippen LogP contribution in [0.4, 0.5) is 10.2 Å². The Morgan fingerprint density at radius 1 is 1.33 bits per heavy atom. The van der Waals surface area contributed by atoms with Crippen molar-refractivity contribution in [3.63, 3.8) is 0 Å². The lowest BCUT2D eigenvalue weighted by molar-refractivity contribution is -0.0186. The third-order valence-electron chi connectivity index (χ3n) is 4.72. The minimum atomic E-state index is -1.70. The molecule has 3 heterocycles. The van der Waals surface area contributed by atoms with Crippen LogP contribution >= 0.6 is 0 Å². The van der Waals surface area contributed by atoms with Gasteiger partial charge in [0.25, 0.3) is 5.91 Å². The molecule has 0 aliphatic carbocycles. The number of anilines is 1. The van der Waals surface area contributed by atoms with Gasteiger partial charge in [0.2, 0.25) is 0 Å². The monoisotopic (exact) mass is 371 g/mol. The molecule has 0 radical (unpaired) electrons. The van der Waals surface area contributed by atoms with Gasteiger partial charge in [-0.2, -0.15) is 0 Å². The Bertz CT molecular complexity index is 1040. The molecule has 1 N–H and O–H groups in total. The molecule has 1 amide bonds. The number of carbonyl (C=O) groups is 1. The first-order valence-corrected chi connectivity index (χ1v) is 8.61. The average molecular weight is 371 g/mol. The SMILES string of the molecule is [2H]C([2H])(C)[C@H]1O[C@@H](n2cnc3c(NC(=O)c4ccccc4)ncnc32)[C@H](F)[C@@H]1C. The molecule has 140 valence electrons. The lowest BCUT2D eigenvalue weighted by Gasteiger charge is -2.15. The van der Waals surface area contributed by atoms with E-state index in [1.165, 1.54) is 24.1 Å². The molecule has 0 unspecified atom stereocenters. The van der Waals surface area contributed by atoms with Crippen molar-refractivity contribution in [2.75, 3.05) is 5.32 Å². The van der Waals surface area contributed by atoms with Crippen LogP contribution in [0.25, 0.3) is 11.2 Å². The summed E-state index contributed by atoms with van der Waals surface area (Å²) >= 11 is 0. The highest BCUT2D eigenvalue weighted by molar-refractivity contribution is 6.06. The predicted molar refractivity (Wildman–Crippen MR) is 98.0 cm³/mol. The van der Waals surface area contributed by atoms with Gasteiger partial charge in [-0.15, -0.1) is 0 Å². The van der Waals surface area contributed by atoms with E-state index in [9.17, 15) is 9.18 Å². The van der Waals surface area contributed by atoms with E-state index in [0.29, 0.717) is 16.7 Å². The Kier molecular flexibility index (Phi) is 3.96. The highest BCUT2D eigenvalue weighted by atomic mass is 19.1. The summed E-state index contributed by atoms with van der Waals surface area (Å²) in [6.45, 7) is 2.99. The molecule has 1 aliphatic rings. The first-order valence-electron chi connectivity index (χ1n) is 9.61. The summed E-state index contributed by atoms with van der Waals surface area (Å²) < 4.78 is 37.9. The van der Waals surface area contributed by atoms with Crippen molar-refractivity contribution in [1.29, 1.82) is 0 Å². The normalized spacial score (nSPS) is 26.6. The number of carbonyl (C=O) groups excluding carboxylic acids is 1. The van der Waals surface area contributed by atoms with E-state index in [-0.39, 0.29) is 11.7 Å². The molecule has 1 aromatic carbocycles. The molecule has 1 aliphatic heterocycles. The fourth-order valence-electron chi connectivity index (χ4n) is 3.22. The standard InChI is InChI=1S/C19H20FN5O2/c1-3-13-11(2)14(20)19(27-13)25-10-23-15-16(21-9-22-17(15)25)24-18(26)12-7-5-4-6-8-12/h4-11,13-14,19H,3H2,1-2H3,(H,21,22,24,26)/t11-,13-,14-,19-/m1/s1/i3D2. The van der Waals surface area contributed by atoms with Gasteiger partial charge in [0.15, 0.2) is 29.4 Å². The molecule has 8 heteroatoms. The minimum absolute atomic E-state index is 0.200. The lowest BCUT2D eigenvalue weighted by Crippen LogP contribution is -2.20. The van der Waals surface area contributed by atoms with Crippen LogP contribution in [0.5, 0.6) is 0 Å². The van der Waals surface area contributed by atoms with Gasteiger partial charge in [0.05, 0.1) is 12.4 Å². The molecule has 3 aromatic rings. The Morgan fingerprint density at radius 2 is 2.11 bits per heavy atom. The molecule has 27 heavy (non-hydrogen) atoms. The number of fused-ring (bicyclic) bond motifs is 1. The maximum atomic E-state index is 14.9. The van der Waals surface area contributed by atoms with Gasteiger partial charge in [-0.3, -0.25) is 9.36 Å². The van der Waals surface area contributed by atoms with Gasteiger partial charge < -0.3 is 10.1 Å². The topological polar surface area (TPSA) is 81.9 Å². The number of rotatable bonds is 4. The van der Waals surface area contributed by atoms with Crippen molar-refractivity contribution in [3.8, 4) is 0 Å². The number of imidazole rings is 1. The Labute approximate surface area is 158 Å². The number of alkyl halides is 1. The van der Waals surface area contributed by atoms with E-state index in [4.69, 9.17) is 7.48 Å². The number of nitrogens with one attached hydrogen (secondary N) is 1. The van der Waals surface area contributed by atoms with Gasteiger partial charge >= 0.3 is 0 Å². The molecule has 1 fully saturated rings. The third-order valence-corrected chi connectivity index (χ3v) is 4.72. The number of halogens is 1. The third kappa shape index (κ3) is 3.06. The maximum absolute atomic E-state index is 14.9. The Morgan fingerprint density at radius 3 is 2.81 bits per heavy atom. The predicted octanol–water partition coefficient (Wildman–Crippen LogP) is 3.36. The van der Waals surface area contributed by atoms with E-state index in [0.717, 1.165) is 0 Å². The van der Waals surface area contributed by atoms with Gasteiger partial charge in [-0.05, 0) is 18.5 Å². The largest absolute Gasteiger partial charge is 0.351 e. The molecule has 1 saturated heterocycles. The van der Waals surface area contributed by atoms with Crippen LogP contribution in [0.1, 0.15) is 39.5 Å². The molecule has 7 nitrogen and oxygen atoms in total. The number of hydrogen-bond acceptors (Lipinski definition) is 5. The van der Waals surface area contributed by atoms with Crippen LogP contribution < -0.4 is 5.32 Å². The molecule has 0 saturated carbocycles. The van der Waals surface area contributed by atoms with E-state index >= 15 is 0 Å². The second-order valence-corrected chi connectivity index (χ2v) is 6.41. The second kappa shape index (κ2) is 7.03. The van der Waals surface area contributed by atoms with E-state index in [2.05, 4.69) is 20.3 Å². The summed E-state index contributed by atoms with van der Waals surface area (Å²) in [6.07, 6.45) is -2.48. The number of amides is 1. The van der Waals surface area contributed by atoms with Crippen LogP contribution in [-0.4, -0.2) is 37.7 Å². The van der Waals surface area contributed by atoms with Crippen LogP contribution in [0.15, 0.2) is 43.0 Å². The quantitative estimate of drug-likeness (QED) is 0.760.